The third kappa shape index (κ3) is 4.62. The van der Waals surface area contributed by atoms with Gasteiger partial charge in [0.25, 0.3) is 0 Å². The highest BCUT2D eigenvalue weighted by Crippen LogP contribution is 2.29. The number of halogens is 2. The Morgan fingerprint density at radius 1 is 1.22 bits per heavy atom. The minimum Gasteiger partial charge on any atom is -0.383 e. The minimum atomic E-state index is -0.576. The van der Waals surface area contributed by atoms with Crippen molar-refractivity contribution in [3.63, 3.8) is 0 Å². The van der Waals surface area contributed by atoms with Crippen molar-refractivity contribution in [2.24, 2.45) is 0 Å². The molecule has 1 atom stereocenters. The number of nitrogens with one attached hydrogen (secondary N) is 3. The van der Waals surface area contributed by atoms with E-state index in [-0.39, 0.29) is 26.9 Å². The van der Waals surface area contributed by atoms with E-state index in [0.29, 0.717) is 24.0 Å². The number of methoxy groups -OCH3 is 1. The molecule has 0 saturated carbocycles. The van der Waals surface area contributed by atoms with Crippen molar-refractivity contribution in [1.29, 1.82) is 5.41 Å². The van der Waals surface area contributed by atoms with Gasteiger partial charge in [0.2, 0.25) is 5.95 Å². The molecule has 1 unspecified atom stereocenters. The number of nitrogens with zero attached hydrogens (tertiary/aromatic N) is 4. The second kappa shape index (κ2) is 10.0. The number of aromatic amines is 1. The van der Waals surface area contributed by atoms with Gasteiger partial charge in [-0.25, -0.2) is 14.3 Å². The molecular weight excluding hydrogens is 501 g/mol. The molecular formula is C25H25Cl2N7O2. The van der Waals surface area contributed by atoms with Gasteiger partial charge >= 0.3 is 5.69 Å². The zero-order valence-corrected chi connectivity index (χ0v) is 21.3. The normalized spacial score (nSPS) is 15.0. The summed E-state index contributed by atoms with van der Waals surface area (Å²) >= 11 is 12.5. The fourth-order valence-electron chi connectivity index (χ4n) is 4.54. The van der Waals surface area contributed by atoms with Crippen molar-refractivity contribution >= 4 is 45.9 Å². The van der Waals surface area contributed by atoms with Crippen molar-refractivity contribution in [2.75, 3.05) is 32.6 Å². The van der Waals surface area contributed by atoms with Crippen LogP contribution in [0.1, 0.15) is 11.1 Å². The minimum absolute atomic E-state index is 0.114. The molecule has 2 aromatic carbocycles. The molecule has 2 heterocycles. The quantitative estimate of drug-likeness (QED) is 0.339. The Hall–Kier alpha value is -3.24. The zero-order chi connectivity index (χ0) is 25.4. The van der Waals surface area contributed by atoms with Crippen LogP contribution in [0.2, 0.25) is 10.0 Å². The monoisotopic (exact) mass is 525 g/mol. The molecule has 1 aliphatic carbocycles. The largest absolute Gasteiger partial charge is 0.383 e. The van der Waals surface area contributed by atoms with Gasteiger partial charge in [-0.2, -0.15) is 4.98 Å². The summed E-state index contributed by atoms with van der Waals surface area (Å²) in [7, 11) is 3.85. The number of anilines is 2. The van der Waals surface area contributed by atoms with Crippen molar-refractivity contribution in [1.82, 2.24) is 24.4 Å². The molecule has 9 nitrogen and oxygen atoms in total. The molecule has 5 rings (SSSR count). The van der Waals surface area contributed by atoms with Crippen molar-refractivity contribution < 1.29 is 4.74 Å². The number of aromatic nitrogens is 4. The Morgan fingerprint density at radius 2 is 1.97 bits per heavy atom. The van der Waals surface area contributed by atoms with Crippen LogP contribution in [0.4, 0.5) is 11.6 Å². The van der Waals surface area contributed by atoms with E-state index in [9.17, 15) is 4.79 Å². The van der Waals surface area contributed by atoms with Gasteiger partial charge in [0.15, 0.2) is 5.65 Å². The first-order chi connectivity index (χ1) is 17.4. The lowest BCUT2D eigenvalue weighted by Crippen LogP contribution is -2.34. The lowest BCUT2D eigenvalue weighted by atomic mass is 10.1. The molecule has 1 aliphatic rings. The van der Waals surface area contributed by atoms with Gasteiger partial charge in [-0.1, -0.05) is 35.3 Å². The van der Waals surface area contributed by atoms with Gasteiger partial charge in [-0.05, 0) is 55.3 Å². The van der Waals surface area contributed by atoms with E-state index < -0.39 is 5.69 Å². The molecule has 4 aromatic rings. The van der Waals surface area contributed by atoms with E-state index in [0.717, 1.165) is 29.6 Å². The van der Waals surface area contributed by atoms with Crippen LogP contribution in [0, 0.1) is 5.41 Å². The van der Waals surface area contributed by atoms with Crippen LogP contribution in [0.15, 0.2) is 47.4 Å². The Bertz CT molecular complexity index is 1550. The van der Waals surface area contributed by atoms with Gasteiger partial charge in [-0.3, -0.25) is 10.4 Å². The summed E-state index contributed by atoms with van der Waals surface area (Å²) in [5.74, 6) is 0.317. The summed E-state index contributed by atoms with van der Waals surface area (Å²) in [4.78, 5) is 26.8. The van der Waals surface area contributed by atoms with E-state index in [1.165, 1.54) is 17.3 Å². The number of rotatable bonds is 7. The fraction of sp³-hybridized carbons (Fsp3) is 0.280. The summed E-state index contributed by atoms with van der Waals surface area (Å²) in [5, 5.41) is 12.7. The molecule has 2 aromatic heterocycles. The van der Waals surface area contributed by atoms with E-state index in [4.69, 9.17) is 33.3 Å². The predicted molar refractivity (Wildman–Crippen MR) is 141 cm³/mol. The molecule has 0 fully saturated rings. The van der Waals surface area contributed by atoms with Gasteiger partial charge in [-0.15, -0.1) is 0 Å². The molecule has 0 aliphatic heterocycles. The van der Waals surface area contributed by atoms with Crippen LogP contribution in [-0.2, 0) is 17.6 Å². The second-order valence-corrected chi connectivity index (χ2v) is 9.60. The molecule has 0 radical (unpaired) electrons. The average Bonchev–Trinajstić information content (AvgIpc) is 3.28. The van der Waals surface area contributed by atoms with Crippen LogP contribution < -0.4 is 16.5 Å². The Kier molecular flexibility index (Phi) is 6.81. The number of hydrogen-bond acceptors (Lipinski definition) is 7. The number of H-pyrrole nitrogens is 1. The van der Waals surface area contributed by atoms with Crippen LogP contribution in [0.25, 0.3) is 16.7 Å². The van der Waals surface area contributed by atoms with E-state index in [1.54, 1.807) is 25.3 Å². The Morgan fingerprint density at radius 3 is 2.72 bits per heavy atom. The standard InChI is InChI=1S/C25H25Cl2N7O2/c1-33(8-9-36-2)17-11-14-6-7-16(10-15(14)12-17)30-24-29-13-18-22(28)34(25(35)32-23(18)31-24)21-19(26)4-3-5-20(21)27/h3-7,10,13,17,28H,8-9,11-12H2,1-2H3,(H2,29,30,31,32,35). The third-order valence-corrected chi connectivity index (χ3v) is 7.11. The molecule has 0 amide bonds. The van der Waals surface area contributed by atoms with E-state index in [2.05, 4.69) is 44.3 Å². The Labute approximate surface area is 217 Å². The van der Waals surface area contributed by atoms with Crippen LogP contribution in [-0.4, -0.2) is 57.8 Å². The maximum atomic E-state index is 12.9. The van der Waals surface area contributed by atoms with E-state index in [1.807, 2.05) is 6.07 Å². The maximum Gasteiger partial charge on any atom is 0.333 e. The number of para-hydroxylation sites is 1. The lowest BCUT2D eigenvalue weighted by molar-refractivity contribution is 0.141. The number of likely N-dealkylation sites (N-methyl/N-ethyl adjacent to an activating group) is 1. The second-order valence-electron chi connectivity index (χ2n) is 8.78. The maximum absolute atomic E-state index is 12.9. The van der Waals surface area contributed by atoms with E-state index >= 15 is 0 Å². The van der Waals surface area contributed by atoms with Crippen molar-refractivity contribution in [2.45, 2.75) is 18.9 Å². The molecule has 0 bridgehead atoms. The van der Waals surface area contributed by atoms with Gasteiger partial charge in [0, 0.05) is 31.6 Å². The average molecular weight is 526 g/mol. The predicted octanol–water partition coefficient (Wildman–Crippen LogP) is 3.68. The lowest BCUT2D eigenvalue weighted by Gasteiger charge is -2.23. The highest BCUT2D eigenvalue weighted by atomic mass is 35.5. The van der Waals surface area contributed by atoms with Crippen molar-refractivity contribution in [3.05, 3.63) is 79.7 Å². The Balaban J connectivity index is 1.42. The van der Waals surface area contributed by atoms with Gasteiger partial charge in [0.05, 0.1) is 27.7 Å². The van der Waals surface area contributed by atoms with Crippen LogP contribution in [0.3, 0.4) is 0 Å². The summed E-state index contributed by atoms with van der Waals surface area (Å²) in [6.07, 6.45) is 3.47. The topological polar surface area (TPSA) is 112 Å². The van der Waals surface area contributed by atoms with Gasteiger partial charge < -0.3 is 15.0 Å². The summed E-state index contributed by atoms with van der Waals surface area (Å²) in [5.41, 5.74) is 3.26. The highest BCUT2D eigenvalue weighted by molar-refractivity contribution is 6.37. The summed E-state index contributed by atoms with van der Waals surface area (Å²) in [6.45, 7) is 1.60. The summed E-state index contributed by atoms with van der Waals surface area (Å²) in [6, 6.07) is 11.6. The zero-order valence-electron chi connectivity index (χ0n) is 19.8. The highest BCUT2D eigenvalue weighted by Gasteiger charge is 2.25. The molecule has 3 N–H and O–H groups in total. The fourth-order valence-corrected chi connectivity index (χ4v) is 5.10. The molecule has 0 spiro atoms. The number of ether oxygens (including phenoxy) is 1. The first-order valence-electron chi connectivity index (χ1n) is 11.4. The number of benzene rings is 2. The molecule has 0 saturated heterocycles. The summed E-state index contributed by atoms with van der Waals surface area (Å²) < 4.78 is 6.32. The van der Waals surface area contributed by atoms with Crippen molar-refractivity contribution in [3.8, 4) is 5.69 Å². The third-order valence-electron chi connectivity index (χ3n) is 6.50. The van der Waals surface area contributed by atoms with Gasteiger partial charge in [0.1, 0.15) is 5.49 Å². The van der Waals surface area contributed by atoms with Crippen LogP contribution >= 0.6 is 23.2 Å². The smallest absolute Gasteiger partial charge is 0.333 e. The number of hydrogen-bond donors (Lipinski definition) is 3. The molecule has 36 heavy (non-hydrogen) atoms. The first-order valence-corrected chi connectivity index (χ1v) is 12.2. The first kappa shape index (κ1) is 24.5. The number of fused-ring (bicyclic) bond motifs is 2. The molecule has 11 heteroatoms. The molecule has 186 valence electrons. The SMILES string of the molecule is COCCN(C)C1Cc2ccc(Nc3ncc4c(=N)n(-c5c(Cl)cccc5Cl)c(=O)[nH]c4n3)cc2C1. The van der Waals surface area contributed by atoms with Crippen LogP contribution in [0.5, 0.6) is 0 Å².